The Morgan fingerprint density at radius 1 is 0.221 bits per heavy atom. The molecular formula is C62H38N4O2. The Morgan fingerprint density at radius 2 is 0.485 bits per heavy atom. The van der Waals surface area contributed by atoms with Gasteiger partial charge in [-0.1, -0.05) is 109 Å². The third-order valence-electron chi connectivity index (χ3n) is 13.9. The lowest BCUT2D eigenvalue weighted by Gasteiger charge is -2.10. The predicted molar refractivity (Wildman–Crippen MR) is 279 cm³/mol. The quantitative estimate of drug-likeness (QED) is 0.118. The Balaban J connectivity index is 0.946. The first-order valence-corrected chi connectivity index (χ1v) is 22.9. The lowest BCUT2D eigenvalue weighted by Crippen LogP contribution is -2.14. The summed E-state index contributed by atoms with van der Waals surface area (Å²) >= 11 is 0. The number of hydrogen-bond acceptors (Lipinski definition) is 2. The van der Waals surface area contributed by atoms with Crippen LogP contribution in [0, 0.1) is 0 Å². The largest absolute Gasteiger partial charge is 0.309 e. The fourth-order valence-corrected chi connectivity index (χ4v) is 10.9. The van der Waals surface area contributed by atoms with Gasteiger partial charge in [-0.3, -0.25) is 9.59 Å². The molecule has 4 heterocycles. The van der Waals surface area contributed by atoms with Gasteiger partial charge in [0.05, 0.1) is 44.1 Å². The van der Waals surface area contributed by atoms with Gasteiger partial charge in [0, 0.05) is 77.0 Å². The molecule has 0 N–H and O–H groups in total. The molecule has 14 rings (SSSR count). The summed E-state index contributed by atoms with van der Waals surface area (Å²) in [5.74, 6) is -1.09. The summed E-state index contributed by atoms with van der Waals surface area (Å²) in [4.78, 5) is 29.3. The summed E-state index contributed by atoms with van der Waals surface area (Å²) in [6.07, 6.45) is 0. The van der Waals surface area contributed by atoms with Crippen molar-refractivity contribution in [2.45, 2.75) is 0 Å². The van der Waals surface area contributed by atoms with Gasteiger partial charge in [0.1, 0.15) is 0 Å². The van der Waals surface area contributed by atoms with E-state index in [-0.39, 0.29) is 0 Å². The summed E-state index contributed by atoms with van der Waals surface area (Å²) in [6, 6.07) is 79.1. The molecular weight excluding hydrogens is 833 g/mol. The van der Waals surface area contributed by atoms with Crippen LogP contribution in [0.25, 0.3) is 110 Å². The van der Waals surface area contributed by atoms with E-state index >= 15 is 0 Å². The van der Waals surface area contributed by atoms with Crippen molar-refractivity contribution in [2.75, 3.05) is 0 Å². The molecule has 0 unspecified atom stereocenters. The number of para-hydroxylation sites is 6. The van der Waals surface area contributed by atoms with Crippen molar-refractivity contribution in [3.05, 3.63) is 242 Å². The maximum Gasteiger partial charge on any atom is 0.233 e. The number of benzene rings is 10. The van der Waals surface area contributed by atoms with E-state index < -0.39 is 11.6 Å². The van der Waals surface area contributed by atoms with Crippen molar-refractivity contribution in [1.29, 1.82) is 0 Å². The van der Waals surface area contributed by atoms with E-state index in [1.807, 2.05) is 72.8 Å². The first-order valence-electron chi connectivity index (χ1n) is 22.9. The zero-order chi connectivity index (χ0) is 45.0. The molecule has 14 aromatic rings. The zero-order valence-corrected chi connectivity index (χ0v) is 36.5. The minimum atomic E-state index is -0.547. The van der Waals surface area contributed by atoms with Crippen LogP contribution in [0.5, 0.6) is 0 Å². The molecule has 0 saturated heterocycles. The highest BCUT2D eigenvalue weighted by atomic mass is 16.2. The molecule has 0 saturated carbocycles. The number of ketones is 2. The van der Waals surface area contributed by atoms with Gasteiger partial charge in [-0.25, -0.2) is 0 Å². The summed E-state index contributed by atoms with van der Waals surface area (Å²) in [6.45, 7) is 0. The number of carbonyl (C=O) groups is 2. The topological polar surface area (TPSA) is 53.9 Å². The molecule has 0 spiro atoms. The second-order valence-electron chi connectivity index (χ2n) is 17.6. The van der Waals surface area contributed by atoms with Gasteiger partial charge in [-0.05, 0) is 121 Å². The van der Waals surface area contributed by atoms with Gasteiger partial charge in [0.25, 0.3) is 0 Å². The Bertz CT molecular complexity index is 4100. The molecule has 0 aliphatic heterocycles. The molecule has 318 valence electrons. The Hall–Kier alpha value is -9.26. The summed E-state index contributed by atoms with van der Waals surface area (Å²) < 4.78 is 9.17. The van der Waals surface area contributed by atoms with Crippen LogP contribution < -0.4 is 0 Å². The van der Waals surface area contributed by atoms with E-state index in [0.717, 1.165) is 110 Å². The van der Waals surface area contributed by atoms with Crippen LogP contribution in [0.4, 0.5) is 0 Å². The minimum Gasteiger partial charge on any atom is -0.309 e. The zero-order valence-electron chi connectivity index (χ0n) is 36.5. The molecule has 4 aromatic heterocycles. The number of Topliss-reactive ketones (excluding diaryl/α,β-unsaturated/α-hetero) is 2. The second-order valence-corrected chi connectivity index (χ2v) is 17.6. The first kappa shape index (κ1) is 38.1. The van der Waals surface area contributed by atoms with E-state index in [1.165, 1.54) is 0 Å². The fraction of sp³-hybridized carbons (Fsp3) is 0. The number of hydrogen-bond donors (Lipinski definition) is 0. The van der Waals surface area contributed by atoms with Crippen LogP contribution in [-0.2, 0) is 0 Å². The van der Waals surface area contributed by atoms with E-state index in [4.69, 9.17) is 0 Å². The van der Waals surface area contributed by atoms with Crippen molar-refractivity contribution < 1.29 is 9.59 Å². The fourth-order valence-electron chi connectivity index (χ4n) is 10.9. The van der Waals surface area contributed by atoms with Crippen LogP contribution in [-0.4, -0.2) is 29.8 Å². The SMILES string of the molecule is O=C(C(=O)c1ccc2c(c1)c1cc3c4ccccc4n(-c4ccccc4)c3cc1n2-c1ccccc1)c1ccc2c(c1)c1cc3c4ccccc4n(-c4ccccc4)c3cc1n2-c1ccccc1. The molecule has 6 nitrogen and oxygen atoms in total. The van der Waals surface area contributed by atoms with Gasteiger partial charge < -0.3 is 18.3 Å². The molecule has 0 radical (unpaired) electrons. The minimum absolute atomic E-state index is 0.351. The Morgan fingerprint density at radius 3 is 0.824 bits per heavy atom. The van der Waals surface area contributed by atoms with Crippen LogP contribution in [0.1, 0.15) is 20.7 Å². The van der Waals surface area contributed by atoms with Crippen molar-refractivity contribution in [1.82, 2.24) is 18.3 Å². The summed E-state index contributed by atoms with van der Waals surface area (Å²) in [5, 5.41) is 8.32. The predicted octanol–water partition coefficient (Wildman–Crippen LogP) is 15.1. The molecule has 0 fully saturated rings. The highest BCUT2D eigenvalue weighted by Gasteiger charge is 2.25. The van der Waals surface area contributed by atoms with Crippen molar-refractivity contribution in [3.63, 3.8) is 0 Å². The van der Waals surface area contributed by atoms with Crippen LogP contribution >= 0.6 is 0 Å². The average Bonchev–Trinajstić information content (AvgIpc) is 4.11. The number of carbonyl (C=O) groups excluding carboxylic acids is 2. The molecule has 10 aromatic carbocycles. The first-order chi connectivity index (χ1) is 33.6. The van der Waals surface area contributed by atoms with E-state index in [1.54, 1.807) is 12.1 Å². The van der Waals surface area contributed by atoms with Crippen molar-refractivity contribution in [3.8, 4) is 22.7 Å². The standard InChI is InChI=1S/C62H38N4O2/c67-61(39-29-31-55-47(33-39)51-35-49-45-25-13-15-27-53(45)63(41-17-5-1-6-18-41)57(49)37-59(51)65(55)43-21-9-3-10-22-43)62(68)40-30-32-56-48(34-40)52-36-50-46-26-14-16-28-54(46)64(42-19-7-2-8-20-42)58(50)38-60(52)66(56)44-23-11-4-12-24-44/h1-38H. The van der Waals surface area contributed by atoms with Gasteiger partial charge >= 0.3 is 0 Å². The van der Waals surface area contributed by atoms with E-state index in [9.17, 15) is 9.59 Å². The van der Waals surface area contributed by atoms with E-state index in [0.29, 0.717) is 11.1 Å². The number of fused-ring (bicyclic) bond motifs is 12. The van der Waals surface area contributed by atoms with Crippen molar-refractivity contribution in [2.24, 2.45) is 0 Å². The Kier molecular flexibility index (Phi) is 8.18. The maximum absolute atomic E-state index is 14.7. The smallest absolute Gasteiger partial charge is 0.233 e. The third-order valence-corrected chi connectivity index (χ3v) is 13.9. The average molecular weight is 871 g/mol. The molecule has 0 aliphatic carbocycles. The number of rotatable bonds is 7. The van der Waals surface area contributed by atoms with Crippen LogP contribution in [0.15, 0.2) is 231 Å². The molecule has 68 heavy (non-hydrogen) atoms. The molecule has 6 heteroatoms. The maximum atomic E-state index is 14.7. The van der Waals surface area contributed by atoms with Gasteiger partial charge in [-0.2, -0.15) is 0 Å². The molecule has 0 atom stereocenters. The normalized spacial score (nSPS) is 11.9. The van der Waals surface area contributed by atoms with Gasteiger partial charge in [0.15, 0.2) is 0 Å². The highest BCUT2D eigenvalue weighted by Crippen LogP contribution is 2.42. The second kappa shape index (κ2) is 14.6. The van der Waals surface area contributed by atoms with Gasteiger partial charge in [-0.15, -0.1) is 0 Å². The van der Waals surface area contributed by atoms with E-state index in [2.05, 4.69) is 164 Å². The van der Waals surface area contributed by atoms with Gasteiger partial charge in [0.2, 0.25) is 11.6 Å². The Labute approximate surface area is 389 Å². The molecule has 0 bridgehead atoms. The summed E-state index contributed by atoms with van der Waals surface area (Å²) in [7, 11) is 0. The number of nitrogens with zero attached hydrogens (tertiary/aromatic N) is 4. The molecule has 0 amide bonds. The van der Waals surface area contributed by atoms with Crippen LogP contribution in [0.2, 0.25) is 0 Å². The van der Waals surface area contributed by atoms with Crippen LogP contribution in [0.3, 0.4) is 0 Å². The summed E-state index contributed by atoms with van der Waals surface area (Å²) in [5.41, 5.74) is 13.2. The monoisotopic (exact) mass is 870 g/mol. The lowest BCUT2D eigenvalue weighted by molar-refractivity contribution is 0.0817. The van der Waals surface area contributed by atoms with Crippen molar-refractivity contribution >= 4 is 98.8 Å². The third kappa shape index (κ3) is 5.52. The number of aromatic nitrogens is 4. The molecule has 0 aliphatic rings. The highest BCUT2D eigenvalue weighted by molar-refractivity contribution is 6.50. The lowest BCUT2D eigenvalue weighted by atomic mass is 9.98.